The van der Waals surface area contributed by atoms with Crippen LogP contribution in [0.15, 0.2) is 10.7 Å². The molecule has 0 aliphatic carbocycles. The lowest BCUT2D eigenvalue weighted by Gasteiger charge is -2.04. The highest BCUT2D eigenvalue weighted by Gasteiger charge is 2.13. The van der Waals surface area contributed by atoms with Gasteiger partial charge in [-0.2, -0.15) is 5.10 Å². The Labute approximate surface area is 127 Å². The van der Waals surface area contributed by atoms with E-state index in [0.29, 0.717) is 12.6 Å². The SMILES string of the molecule is CCc1nn(C)c(Cn2cc(CNC(C)C)nn2)c1Br. The summed E-state index contributed by atoms with van der Waals surface area (Å²) < 4.78 is 4.81. The highest BCUT2D eigenvalue weighted by molar-refractivity contribution is 9.10. The summed E-state index contributed by atoms with van der Waals surface area (Å²) >= 11 is 3.62. The Morgan fingerprint density at radius 1 is 1.40 bits per heavy atom. The van der Waals surface area contributed by atoms with Crippen LogP contribution in [0.2, 0.25) is 0 Å². The molecule has 7 heteroatoms. The average Bonchev–Trinajstić information content (AvgIpc) is 2.96. The number of aromatic nitrogens is 5. The Hall–Kier alpha value is -1.21. The van der Waals surface area contributed by atoms with Crippen LogP contribution in [0.4, 0.5) is 0 Å². The monoisotopic (exact) mass is 340 g/mol. The van der Waals surface area contributed by atoms with Crippen LogP contribution in [0.3, 0.4) is 0 Å². The third-order valence-electron chi connectivity index (χ3n) is 3.09. The number of aryl methyl sites for hydroxylation is 2. The molecule has 0 unspecified atom stereocenters. The van der Waals surface area contributed by atoms with Gasteiger partial charge in [-0.05, 0) is 22.4 Å². The van der Waals surface area contributed by atoms with E-state index in [1.165, 1.54) is 0 Å². The number of rotatable bonds is 6. The number of hydrogen-bond acceptors (Lipinski definition) is 4. The Morgan fingerprint density at radius 3 is 2.75 bits per heavy atom. The smallest absolute Gasteiger partial charge is 0.0965 e. The number of hydrogen-bond donors (Lipinski definition) is 1. The second-order valence-electron chi connectivity index (χ2n) is 5.13. The van der Waals surface area contributed by atoms with Gasteiger partial charge in [0.05, 0.1) is 34.3 Å². The summed E-state index contributed by atoms with van der Waals surface area (Å²) in [7, 11) is 1.96. The Morgan fingerprint density at radius 2 is 2.15 bits per heavy atom. The van der Waals surface area contributed by atoms with Gasteiger partial charge in [0, 0.05) is 19.6 Å². The van der Waals surface area contributed by atoms with Crippen LogP contribution in [-0.4, -0.2) is 30.8 Å². The van der Waals surface area contributed by atoms with E-state index in [4.69, 9.17) is 0 Å². The van der Waals surface area contributed by atoms with Crippen LogP contribution in [0.5, 0.6) is 0 Å². The zero-order valence-corrected chi connectivity index (χ0v) is 14.0. The van der Waals surface area contributed by atoms with Crippen molar-refractivity contribution in [1.29, 1.82) is 0 Å². The third kappa shape index (κ3) is 3.46. The maximum absolute atomic E-state index is 4.49. The van der Waals surface area contributed by atoms with E-state index in [9.17, 15) is 0 Å². The van der Waals surface area contributed by atoms with Crippen molar-refractivity contribution in [2.24, 2.45) is 7.05 Å². The molecule has 0 saturated carbocycles. The quantitative estimate of drug-likeness (QED) is 0.872. The van der Waals surface area contributed by atoms with Crippen molar-refractivity contribution in [3.8, 4) is 0 Å². The van der Waals surface area contributed by atoms with Crippen LogP contribution in [0, 0.1) is 0 Å². The fourth-order valence-corrected chi connectivity index (χ4v) is 2.69. The van der Waals surface area contributed by atoms with Gasteiger partial charge in [0.2, 0.25) is 0 Å². The summed E-state index contributed by atoms with van der Waals surface area (Å²) in [4.78, 5) is 0. The summed E-state index contributed by atoms with van der Waals surface area (Å²) in [5, 5.41) is 16.2. The molecule has 0 radical (unpaired) electrons. The van der Waals surface area contributed by atoms with Crippen molar-refractivity contribution in [3.05, 3.63) is 27.8 Å². The molecule has 0 fully saturated rings. The Kier molecular flexibility index (Phi) is 4.93. The Bertz CT molecular complexity index is 571. The molecule has 0 saturated heterocycles. The van der Waals surface area contributed by atoms with Crippen molar-refractivity contribution >= 4 is 15.9 Å². The van der Waals surface area contributed by atoms with Crippen LogP contribution in [0.1, 0.15) is 37.9 Å². The third-order valence-corrected chi connectivity index (χ3v) is 4.01. The molecular weight excluding hydrogens is 320 g/mol. The molecule has 0 amide bonds. The minimum atomic E-state index is 0.443. The highest BCUT2D eigenvalue weighted by atomic mass is 79.9. The fraction of sp³-hybridized carbons (Fsp3) is 0.615. The molecule has 0 spiro atoms. The van der Waals surface area contributed by atoms with Crippen molar-refractivity contribution in [1.82, 2.24) is 30.1 Å². The number of halogens is 1. The molecule has 2 rings (SSSR count). The summed E-state index contributed by atoms with van der Waals surface area (Å²) in [6, 6.07) is 0.443. The lowest BCUT2D eigenvalue weighted by Crippen LogP contribution is -2.21. The van der Waals surface area contributed by atoms with Gasteiger partial charge < -0.3 is 5.32 Å². The van der Waals surface area contributed by atoms with Crippen molar-refractivity contribution in [2.45, 2.75) is 46.3 Å². The molecule has 0 aliphatic heterocycles. The summed E-state index contributed by atoms with van der Waals surface area (Å²) in [6.45, 7) is 7.73. The number of nitrogens with one attached hydrogen (secondary N) is 1. The molecule has 110 valence electrons. The highest BCUT2D eigenvalue weighted by Crippen LogP contribution is 2.22. The van der Waals surface area contributed by atoms with Gasteiger partial charge in [0.1, 0.15) is 0 Å². The van der Waals surface area contributed by atoms with Gasteiger partial charge in [-0.1, -0.05) is 26.0 Å². The normalized spacial score (nSPS) is 11.5. The first-order chi connectivity index (χ1) is 9.51. The molecule has 0 bridgehead atoms. The molecule has 0 aliphatic rings. The summed E-state index contributed by atoms with van der Waals surface area (Å²) in [6.07, 6.45) is 2.88. The van der Waals surface area contributed by atoms with Crippen molar-refractivity contribution < 1.29 is 0 Å². The first kappa shape index (κ1) is 15.2. The average molecular weight is 341 g/mol. The zero-order valence-electron chi connectivity index (χ0n) is 12.4. The first-order valence-electron chi connectivity index (χ1n) is 6.83. The van der Waals surface area contributed by atoms with Crippen LogP contribution < -0.4 is 5.32 Å². The fourth-order valence-electron chi connectivity index (χ4n) is 1.95. The topological polar surface area (TPSA) is 60.6 Å². The first-order valence-corrected chi connectivity index (χ1v) is 7.63. The second kappa shape index (κ2) is 6.49. The predicted octanol–water partition coefficient (Wildman–Crippen LogP) is 1.88. The van der Waals surface area contributed by atoms with E-state index >= 15 is 0 Å². The van der Waals surface area contributed by atoms with Crippen LogP contribution in [-0.2, 0) is 26.6 Å². The van der Waals surface area contributed by atoms with E-state index in [1.54, 1.807) is 0 Å². The molecule has 2 heterocycles. The van der Waals surface area contributed by atoms with Crippen molar-refractivity contribution in [2.75, 3.05) is 0 Å². The van der Waals surface area contributed by atoms with Gasteiger partial charge in [-0.25, -0.2) is 4.68 Å². The lowest BCUT2D eigenvalue weighted by molar-refractivity contribution is 0.580. The molecule has 0 atom stereocenters. The van der Waals surface area contributed by atoms with E-state index in [2.05, 4.69) is 57.4 Å². The van der Waals surface area contributed by atoms with Gasteiger partial charge in [-0.15, -0.1) is 5.10 Å². The maximum Gasteiger partial charge on any atom is 0.0965 e. The number of nitrogens with zero attached hydrogens (tertiary/aromatic N) is 5. The zero-order chi connectivity index (χ0) is 14.7. The maximum atomic E-state index is 4.49. The molecule has 2 aromatic heterocycles. The standard InChI is InChI=1S/C13H21BrN6/c1-5-11-13(14)12(19(4)17-11)8-20-7-10(16-18-20)6-15-9(2)3/h7,9,15H,5-6,8H2,1-4H3. The van der Waals surface area contributed by atoms with Crippen LogP contribution in [0.25, 0.3) is 0 Å². The minimum absolute atomic E-state index is 0.443. The molecule has 6 nitrogen and oxygen atoms in total. The van der Waals surface area contributed by atoms with E-state index in [0.717, 1.165) is 34.5 Å². The molecular formula is C13H21BrN6. The Balaban J connectivity index is 2.09. The largest absolute Gasteiger partial charge is 0.309 e. The second-order valence-corrected chi connectivity index (χ2v) is 5.92. The van der Waals surface area contributed by atoms with Gasteiger partial charge in [0.25, 0.3) is 0 Å². The van der Waals surface area contributed by atoms with Crippen LogP contribution >= 0.6 is 15.9 Å². The lowest BCUT2D eigenvalue weighted by atomic mass is 10.3. The minimum Gasteiger partial charge on any atom is -0.309 e. The predicted molar refractivity (Wildman–Crippen MR) is 81.4 cm³/mol. The molecule has 20 heavy (non-hydrogen) atoms. The van der Waals surface area contributed by atoms with E-state index < -0.39 is 0 Å². The van der Waals surface area contributed by atoms with Crippen molar-refractivity contribution in [3.63, 3.8) is 0 Å². The molecule has 2 aromatic rings. The summed E-state index contributed by atoms with van der Waals surface area (Å²) in [5.74, 6) is 0. The molecule has 1 N–H and O–H groups in total. The van der Waals surface area contributed by atoms with Gasteiger partial charge in [-0.3, -0.25) is 4.68 Å². The summed E-state index contributed by atoms with van der Waals surface area (Å²) in [5.41, 5.74) is 3.13. The van der Waals surface area contributed by atoms with Gasteiger partial charge >= 0.3 is 0 Å². The van der Waals surface area contributed by atoms with Gasteiger partial charge in [0.15, 0.2) is 0 Å². The van der Waals surface area contributed by atoms with E-state index in [-0.39, 0.29) is 0 Å². The molecule has 0 aromatic carbocycles. The van der Waals surface area contributed by atoms with E-state index in [1.807, 2.05) is 22.6 Å².